The first-order chi connectivity index (χ1) is 27.0. The van der Waals surface area contributed by atoms with Gasteiger partial charge in [0.15, 0.2) is 6.10 Å². The summed E-state index contributed by atoms with van der Waals surface area (Å²) in [6.45, 7) is 12.4. The lowest BCUT2D eigenvalue weighted by Gasteiger charge is -2.69. The zero-order valence-corrected chi connectivity index (χ0v) is 34.2. The molecule has 58 heavy (non-hydrogen) atoms. The smallest absolute Gasteiger partial charge is 0.408 e. The predicted molar refractivity (Wildman–Crippen MR) is 206 cm³/mol. The Balaban J connectivity index is 1.46. The second-order valence-electron chi connectivity index (χ2n) is 18.5. The fraction of sp³-hybridized carbons (Fsp3) is 0.591. The number of Topliss-reactive ketones (excluding diaryl/α,β-unsaturated/α-hetero) is 3. The minimum absolute atomic E-state index is 0.0846. The lowest BCUT2D eigenvalue weighted by atomic mass is 9.40. The number of ether oxygens (including phenoxy) is 4. The van der Waals surface area contributed by atoms with Crippen LogP contribution in [-0.4, -0.2) is 99.0 Å². The van der Waals surface area contributed by atoms with Crippen LogP contribution in [0.2, 0.25) is 0 Å². The van der Waals surface area contributed by atoms with Crippen molar-refractivity contribution in [2.45, 2.75) is 122 Å². The number of rotatable bonds is 9. The van der Waals surface area contributed by atoms with Crippen molar-refractivity contribution in [3.63, 3.8) is 0 Å². The maximum absolute atomic E-state index is 14.9. The molecule has 2 aromatic carbocycles. The fourth-order valence-electron chi connectivity index (χ4n) is 10.4. The Morgan fingerprint density at radius 3 is 2.12 bits per heavy atom. The number of hydrogen-bond acceptors (Lipinski definition) is 13. The van der Waals surface area contributed by atoms with E-state index in [0.29, 0.717) is 5.56 Å². The summed E-state index contributed by atoms with van der Waals surface area (Å²) >= 11 is 0. The minimum atomic E-state index is -2.28. The van der Waals surface area contributed by atoms with Crippen molar-refractivity contribution in [1.29, 1.82) is 0 Å². The molecule has 12 atom stereocenters. The summed E-state index contributed by atoms with van der Waals surface area (Å²) in [4.78, 5) is 84.0. The number of carbonyl (C=O) groups is 6. The number of fused-ring (bicyclic) bond motifs is 5. The van der Waals surface area contributed by atoms with Gasteiger partial charge in [0.05, 0.1) is 35.8 Å². The summed E-state index contributed by atoms with van der Waals surface area (Å²) < 4.78 is 23.8. The number of amides is 1. The van der Waals surface area contributed by atoms with Crippen LogP contribution in [0.25, 0.3) is 0 Å². The van der Waals surface area contributed by atoms with E-state index in [9.17, 15) is 44.1 Å². The zero-order valence-electron chi connectivity index (χ0n) is 34.2. The Bertz CT molecular complexity index is 1940. The van der Waals surface area contributed by atoms with Crippen molar-refractivity contribution >= 4 is 35.4 Å². The predicted octanol–water partition coefficient (Wildman–Crippen LogP) is 4.07. The summed E-state index contributed by atoms with van der Waals surface area (Å²) in [6, 6.07) is 14.8. The van der Waals surface area contributed by atoms with Gasteiger partial charge >= 0.3 is 18.0 Å². The summed E-state index contributed by atoms with van der Waals surface area (Å²) in [5, 5.41) is 39.5. The first kappa shape index (κ1) is 43.1. The number of alkyl carbamates (subject to hydrolysis) is 1. The van der Waals surface area contributed by atoms with E-state index in [1.807, 2.05) is 0 Å². The van der Waals surface area contributed by atoms with Crippen LogP contribution in [0, 0.1) is 34.0 Å². The number of aliphatic hydroxyl groups excluding tert-OH is 2. The third-order valence-electron chi connectivity index (χ3n) is 13.4. The van der Waals surface area contributed by atoms with Crippen LogP contribution in [-0.2, 0) is 38.1 Å². The van der Waals surface area contributed by atoms with Crippen LogP contribution >= 0.6 is 0 Å². The van der Waals surface area contributed by atoms with Gasteiger partial charge in [-0.2, -0.15) is 0 Å². The Hall–Kier alpha value is -4.50. The van der Waals surface area contributed by atoms with E-state index in [-0.39, 0.29) is 30.8 Å². The largest absolute Gasteiger partial charge is 0.460 e. The molecule has 0 spiro atoms. The van der Waals surface area contributed by atoms with E-state index >= 15 is 0 Å². The van der Waals surface area contributed by atoms with Crippen molar-refractivity contribution in [3.05, 3.63) is 71.8 Å². The van der Waals surface area contributed by atoms with Crippen molar-refractivity contribution in [1.82, 2.24) is 5.32 Å². The van der Waals surface area contributed by atoms with Crippen LogP contribution < -0.4 is 5.32 Å². The quantitative estimate of drug-likeness (QED) is 0.160. The number of benzene rings is 2. The molecule has 1 heterocycles. The first-order valence-electron chi connectivity index (χ1n) is 19.8. The van der Waals surface area contributed by atoms with Gasteiger partial charge in [0.25, 0.3) is 0 Å². The van der Waals surface area contributed by atoms with Crippen molar-refractivity contribution in [3.8, 4) is 0 Å². The van der Waals surface area contributed by atoms with E-state index in [1.165, 1.54) is 26.0 Å². The SMILES string of the molecule is CC(=O)C[C@@]12CO[C@@H]1C[C@H](O)[C@@]1(C)C(=O)C(=O)C3C(C)[C@@H](OC(=O)[C@H](O)[C@@H](NC(=O)OC(C)(C)C)c4ccccc4)C[C@@](O)([C@@H](OC(=O)c4ccccc4)[C@H]21)C3(C)C. The highest BCUT2D eigenvalue weighted by atomic mass is 16.6. The number of hydrogen-bond donors (Lipinski definition) is 4. The number of nitrogens with one attached hydrogen (secondary N) is 1. The molecular weight excluding hydrogens is 750 g/mol. The maximum Gasteiger partial charge on any atom is 0.408 e. The third-order valence-corrected chi connectivity index (χ3v) is 13.4. The summed E-state index contributed by atoms with van der Waals surface area (Å²) in [5.41, 5.74) is -7.49. The Morgan fingerprint density at radius 1 is 0.966 bits per heavy atom. The molecular formula is C44H55NO13. The molecule has 1 aliphatic heterocycles. The standard InChI is InChI=1S/C44H55NO13/c1-23(46)20-43-22-55-29(43)19-28(47)42(8)34(43)36(57-37(51)26-17-13-10-14-18-26)44(54)21-27(24(2)30(41(44,6)7)32(48)35(42)50)56-38(52)33(49)31(25-15-11-9-12-16-25)45-39(53)58-40(3,4)5/h9-18,24,27-31,33-34,36,47,49,54H,19-22H2,1-8H3,(H,45,53)/t24?,27-,28-,29+,30?,31-,33+,34-,36-,42+,43+,44+/m0/s1. The molecule has 4 fully saturated rings. The van der Waals surface area contributed by atoms with Crippen LogP contribution in [0.15, 0.2) is 60.7 Å². The monoisotopic (exact) mass is 805 g/mol. The lowest BCUT2D eigenvalue weighted by molar-refractivity contribution is -0.326. The van der Waals surface area contributed by atoms with Crippen LogP contribution in [0.5, 0.6) is 0 Å². The van der Waals surface area contributed by atoms with E-state index < -0.39 is 118 Å². The summed E-state index contributed by atoms with van der Waals surface area (Å²) in [7, 11) is 0. The van der Waals surface area contributed by atoms with Gasteiger partial charge in [-0.25, -0.2) is 14.4 Å². The van der Waals surface area contributed by atoms with Crippen LogP contribution in [0.3, 0.4) is 0 Å². The average molecular weight is 806 g/mol. The number of carbonyl (C=O) groups excluding carboxylic acids is 6. The van der Waals surface area contributed by atoms with Crippen LogP contribution in [0.4, 0.5) is 4.79 Å². The topological polar surface area (TPSA) is 212 Å². The van der Waals surface area contributed by atoms with E-state index in [2.05, 4.69) is 5.32 Å². The zero-order chi connectivity index (χ0) is 42.7. The van der Waals surface area contributed by atoms with E-state index in [4.69, 9.17) is 18.9 Å². The summed E-state index contributed by atoms with van der Waals surface area (Å²) in [5.74, 6) is -7.92. The molecule has 6 rings (SSSR count). The number of aliphatic hydroxyl groups is 3. The second kappa shape index (κ2) is 15.3. The van der Waals surface area contributed by atoms with Gasteiger partial charge in [-0.05, 0) is 52.3 Å². The molecule has 314 valence electrons. The molecule has 3 aliphatic carbocycles. The molecule has 0 aromatic heterocycles. The Kier molecular flexibility index (Phi) is 11.3. The van der Waals surface area contributed by atoms with Crippen molar-refractivity contribution in [2.75, 3.05) is 6.61 Å². The van der Waals surface area contributed by atoms with Crippen molar-refractivity contribution in [2.24, 2.45) is 34.0 Å². The van der Waals surface area contributed by atoms with Gasteiger partial charge in [0, 0.05) is 47.8 Å². The van der Waals surface area contributed by atoms with E-state index in [1.54, 1.807) is 90.1 Å². The molecule has 2 bridgehead atoms. The molecule has 4 aliphatic rings. The number of esters is 2. The maximum atomic E-state index is 14.9. The van der Waals surface area contributed by atoms with E-state index in [0.717, 1.165) is 0 Å². The highest BCUT2D eigenvalue weighted by molar-refractivity contribution is 6.40. The highest BCUT2D eigenvalue weighted by Crippen LogP contribution is 2.67. The number of ketones is 3. The molecule has 2 aromatic rings. The van der Waals surface area contributed by atoms with Gasteiger partial charge in [0.1, 0.15) is 29.2 Å². The highest BCUT2D eigenvalue weighted by Gasteiger charge is 2.77. The van der Waals surface area contributed by atoms with Gasteiger partial charge in [-0.1, -0.05) is 69.3 Å². The molecule has 2 unspecified atom stereocenters. The molecule has 3 saturated carbocycles. The molecule has 1 amide bonds. The Morgan fingerprint density at radius 2 is 1.57 bits per heavy atom. The van der Waals surface area contributed by atoms with Crippen molar-refractivity contribution < 1.29 is 63.0 Å². The minimum Gasteiger partial charge on any atom is -0.460 e. The second-order valence-corrected chi connectivity index (χ2v) is 18.5. The lowest BCUT2D eigenvalue weighted by Crippen LogP contribution is -2.79. The van der Waals surface area contributed by atoms with Crippen LogP contribution in [0.1, 0.15) is 96.6 Å². The molecule has 4 N–H and O–H groups in total. The first-order valence-corrected chi connectivity index (χ1v) is 19.8. The van der Waals surface area contributed by atoms with Gasteiger partial charge in [0.2, 0.25) is 11.6 Å². The van der Waals surface area contributed by atoms with Gasteiger partial charge in [-0.15, -0.1) is 0 Å². The molecule has 14 nitrogen and oxygen atoms in total. The normalized spacial score (nSPS) is 35.0. The summed E-state index contributed by atoms with van der Waals surface area (Å²) in [6.07, 6.45) is -8.97. The van der Waals surface area contributed by atoms with Gasteiger partial charge < -0.3 is 44.4 Å². The van der Waals surface area contributed by atoms with Gasteiger partial charge in [-0.3, -0.25) is 9.59 Å². The molecule has 14 heteroatoms. The third kappa shape index (κ3) is 7.15. The molecule has 0 radical (unpaired) electrons. The average Bonchev–Trinajstić information content (AvgIpc) is 3.14. The molecule has 1 saturated heterocycles. The Labute approximate surface area is 337 Å². The fourth-order valence-corrected chi connectivity index (χ4v) is 10.4.